The van der Waals surface area contributed by atoms with E-state index in [1.165, 1.54) is 12.3 Å². The van der Waals surface area contributed by atoms with E-state index < -0.39 is 0 Å². The van der Waals surface area contributed by atoms with E-state index >= 15 is 0 Å². The van der Waals surface area contributed by atoms with E-state index in [1.807, 2.05) is 37.3 Å². The van der Waals surface area contributed by atoms with Crippen molar-refractivity contribution in [3.05, 3.63) is 84.2 Å². The molecule has 0 atom stereocenters. The van der Waals surface area contributed by atoms with Crippen LogP contribution in [0.4, 0.5) is 11.4 Å². The number of hydrogen-bond acceptors (Lipinski definition) is 4. The van der Waals surface area contributed by atoms with Gasteiger partial charge in [0.1, 0.15) is 11.4 Å². The molecule has 3 rings (SSSR count). The van der Waals surface area contributed by atoms with E-state index in [0.29, 0.717) is 23.5 Å². The number of ether oxygens (including phenoxy) is 1. The molecule has 0 spiro atoms. The van der Waals surface area contributed by atoms with Gasteiger partial charge in [0, 0.05) is 35.7 Å². The first-order chi connectivity index (χ1) is 13.6. The predicted molar refractivity (Wildman–Crippen MR) is 109 cm³/mol. The number of anilines is 2. The Morgan fingerprint density at radius 3 is 2.54 bits per heavy atom. The molecule has 2 aromatic carbocycles. The van der Waals surface area contributed by atoms with Crippen molar-refractivity contribution in [2.75, 3.05) is 23.9 Å². The highest BCUT2D eigenvalue weighted by atomic mass is 16.5. The Kier molecular flexibility index (Phi) is 6.01. The van der Waals surface area contributed by atoms with Crippen molar-refractivity contribution >= 4 is 23.2 Å². The molecular formula is C22H21N3O3. The molecule has 0 saturated carbocycles. The summed E-state index contributed by atoms with van der Waals surface area (Å²) in [5.74, 6) is 0.0574. The topological polar surface area (TPSA) is 71.5 Å². The lowest BCUT2D eigenvalue weighted by molar-refractivity contribution is 0.0983. The van der Waals surface area contributed by atoms with Gasteiger partial charge in [-0.25, -0.2) is 0 Å². The first kappa shape index (κ1) is 19.1. The maximum absolute atomic E-state index is 12.9. The average Bonchev–Trinajstić information content (AvgIpc) is 2.75. The van der Waals surface area contributed by atoms with Gasteiger partial charge in [0.2, 0.25) is 0 Å². The summed E-state index contributed by atoms with van der Waals surface area (Å²) in [5.41, 5.74) is 1.95. The summed E-state index contributed by atoms with van der Waals surface area (Å²) in [5, 5.41) is 2.80. The lowest BCUT2D eigenvalue weighted by Crippen LogP contribution is -2.31. The van der Waals surface area contributed by atoms with Crippen molar-refractivity contribution in [1.29, 1.82) is 0 Å². The Labute approximate surface area is 163 Å². The highest BCUT2D eigenvalue weighted by molar-refractivity contribution is 6.08. The average molecular weight is 375 g/mol. The van der Waals surface area contributed by atoms with E-state index in [9.17, 15) is 9.59 Å². The van der Waals surface area contributed by atoms with Crippen LogP contribution < -0.4 is 15.0 Å². The lowest BCUT2D eigenvalue weighted by Gasteiger charge is -2.20. The van der Waals surface area contributed by atoms with Gasteiger partial charge in [0.25, 0.3) is 11.8 Å². The number of nitrogens with zero attached hydrogens (tertiary/aromatic N) is 2. The van der Waals surface area contributed by atoms with Gasteiger partial charge in [0.15, 0.2) is 0 Å². The molecular weight excluding hydrogens is 354 g/mol. The van der Waals surface area contributed by atoms with E-state index in [0.717, 1.165) is 5.69 Å². The van der Waals surface area contributed by atoms with Crippen LogP contribution in [0.3, 0.4) is 0 Å². The molecule has 0 saturated heterocycles. The van der Waals surface area contributed by atoms with Gasteiger partial charge in [0.05, 0.1) is 7.11 Å². The zero-order chi connectivity index (χ0) is 19.9. The van der Waals surface area contributed by atoms with Crippen molar-refractivity contribution in [2.24, 2.45) is 0 Å². The van der Waals surface area contributed by atoms with Gasteiger partial charge in [-0.3, -0.25) is 14.6 Å². The fourth-order valence-corrected chi connectivity index (χ4v) is 2.78. The van der Waals surface area contributed by atoms with Crippen LogP contribution in [0.25, 0.3) is 0 Å². The summed E-state index contributed by atoms with van der Waals surface area (Å²) < 4.78 is 5.16. The number of pyridine rings is 1. The number of carbonyl (C=O) groups excluding carboxylic acids is 2. The normalized spacial score (nSPS) is 10.2. The molecule has 0 radical (unpaired) electrons. The number of aromatic nitrogens is 1. The van der Waals surface area contributed by atoms with Crippen LogP contribution in [-0.4, -0.2) is 30.5 Å². The Bertz CT molecular complexity index is 974. The van der Waals surface area contributed by atoms with Crippen LogP contribution >= 0.6 is 0 Å². The van der Waals surface area contributed by atoms with Crippen molar-refractivity contribution in [2.45, 2.75) is 6.92 Å². The number of carbonyl (C=O) groups is 2. The largest absolute Gasteiger partial charge is 0.497 e. The Hall–Kier alpha value is -3.67. The zero-order valence-corrected chi connectivity index (χ0v) is 15.8. The summed E-state index contributed by atoms with van der Waals surface area (Å²) in [4.78, 5) is 31.3. The summed E-state index contributed by atoms with van der Waals surface area (Å²) in [6, 6.07) is 19.5. The van der Waals surface area contributed by atoms with E-state index in [4.69, 9.17) is 4.74 Å². The number of rotatable bonds is 6. The van der Waals surface area contributed by atoms with Crippen LogP contribution in [0, 0.1) is 0 Å². The molecule has 3 aromatic rings. The minimum atomic E-state index is -0.326. The maximum atomic E-state index is 12.9. The SMILES string of the molecule is CCN(C(=O)c1cc(C(=O)Nc2cccc(OC)c2)ccn1)c1ccccc1. The number of benzene rings is 2. The van der Waals surface area contributed by atoms with Crippen LogP contribution in [-0.2, 0) is 0 Å². The quantitative estimate of drug-likeness (QED) is 0.707. The highest BCUT2D eigenvalue weighted by Crippen LogP contribution is 2.19. The highest BCUT2D eigenvalue weighted by Gasteiger charge is 2.19. The second-order valence-corrected chi connectivity index (χ2v) is 6.00. The predicted octanol–water partition coefficient (Wildman–Crippen LogP) is 4.01. The minimum absolute atomic E-state index is 0.212. The molecule has 0 unspecified atom stereocenters. The third kappa shape index (κ3) is 4.35. The van der Waals surface area contributed by atoms with E-state index in [-0.39, 0.29) is 17.5 Å². The fourth-order valence-electron chi connectivity index (χ4n) is 2.78. The first-order valence-electron chi connectivity index (χ1n) is 8.90. The van der Waals surface area contributed by atoms with Crippen molar-refractivity contribution in [3.63, 3.8) is 0 Å². The van der Waals surface area contributed by atoms with Crippen LogP contribution in [0.15, 0.2) is 72.9 Å². The molecule has 0 fully saturated rings. The Morgan fingerprint density at radius 2 is 1.82 bits per heavy atom. The molecule has 0 bridgehead atoms. The Morgan fingerprint density at radius 1 is 1.04 bits per heavy atom. The first-order valence-corrected chi connectivity index (χ1v) is 8.90. The molecule has 0 aliphatic heterocycles. The molecule has 1 N–H and O–H groups in total. The maximum Gasteiger partial charge on any atom is 0.276 e. The standard InChI is InChI=1S/C22H21N3O3/c1-3-25(18-9-5-4-6-10-18)22(27)20-14-16(12-13-23-20)21(26)24-17-8-7-11-19(15-17)28-2/h4-15H,3H2,1-2H3,(H,24,26). The Balaban J connectivity index is 1.81. The summed E-state index contributed by atoms with van der Waals surface area (Å²) in [6.07, 6.45) is 1.46. The number of nitrogens with one attached hydrogen (secondary N) is 1. The smallest absolute Gasteiger partial charge is 0.276 e. The minimum Gasteiger partial charge on any atom is -0.497 e. The molecule has 0 aliphatic rings. The molecule has 6 heteroatoms. The van der Waals surface area contributed by atoms with Crippen molar-refractivity contribution in [1.82, 2.24) is 4.98 Å². The molecule has 2 amide bonds. The van der Waals surface area contributed by atoms with Gasteiger partial charge in [-0.15, -0.1) is 0 Å². The third-order valence-electron chi connectivity index (χ3n) is 4.20. The second kappa shape index (κ2) is 8.81. The fraction of sp³-hybridized carbons (Fsp3) is 0.136. The van der Waals surface area contributed by atoms with Gasteiger partial charge in [-0.1, -0.05) is 24.3 Å². The monoisotopic (exact) mass is 375 g/mol. The van der Waals surface area contributed by atoms with E-state index in [1.54, 1.807) is 42.3 Å². The van der Waals surface area contributed by atoms with Crippen LogP contribution in [0.2, 0.25) is 0 Å². The van der Waals surface area contributed by atoms with Gasteiger partial charge in [-0.05, 0) is 43.3 Å². The van der Waals surface area contributed by atoms with Gasteiger partial charge in [-0.2, -0.15) is 0 Å². The van der Waals surface area contributed by atoms with Crippen LogP contribution in [0.5, 0.6) is 5.75 Å². The molecule has 1 heterocycles. The zero-order valence-electron chi connectivity index (χ0n) is 15.8. The summed E-state index contributed by atoms with van der Waals surface area (Å²) >= 11 is 0. The van der Waals surface area contributed by atoms with Crippen molar-refractivity contribution < 1.29 is 14.3 Å². The van der Waals surface area contributed by atoms with Crippen molar-refractivity contribution in [3.8, 4) is 5.75 Å². The molecule has 6 nitrogen and oxygen atoms in total. The van der Waals surface area contributed by atoms with Gasteiger partial charge < -0.3 is 15.0 Å². The second-order valence-electron chi connectivity index (χ2n) is 6.00. The number of hydrogen-bond donors (Lipinski definition) is 1. The number of methoxy groups -OCH3 is 1. The number of para-hydroxylation sites is 1. The molecule has 1 aromatic heterocycles. The molecule has 28 heavy (non-hydrogen) atoms. The van der Waals surface area contributed by atoms with Gasteiger partial charge >= 0.3 is 0 Å². The van der Waals surface area contributed by atoms with E-state index in [2.05, 4.69) is 10.3 Å². The molecule has 142 valence electrons. The molecule has 0 aliphatic carbocycles. The number of amides is 2. The summed E-state index contributed by atoms with van der Waals surface area (Å²) in [7, 11) is 1.56. The third-order valence-corrected chi connectivity index (χ3v) is 4.20. The van der Waals surface area contributed by atoms with Crippen LogP contribution in [0.1, 0.15) is 27.8 Å². The lowest BCUT2D eigenvalue weighted by atomic mass is 10.2. The summed E-state index contributed by atoms with van der Waals surface area (Å²) in [6.45, 7) is 2.38.